The number of nitrogen functional groups attached to an aromatic ring is 1. The summed E-state index contributed by atoms with van der Waals surface area (Å²) in [6.45, 7) is 1.39. The average molecular weight is 234 g/mol. The molecule has 0 amide bonds. The van der Waals surface area contributed by atoms with E-state index >= 15 is 0 Å². The first-order chi connectivity index (χ1) is 8.28. The van der Waals surface area contributed by atoms with Gasteiger partial charge in [-0.2, -0.15) is 10.1 Å². The summed E-state index contributed by atoms with van der Waals surface area (Å²) in [5, 5.41) is 7.19. The van der Waals surface area contributed by atoms with Crippen LogP contribution in [0.5, 0.6) is 5.88 Å². The third-order valence-corrected chi connectivity index (χ3v) is 2.12. The van der Waals surface area contributed by atoms with Gasteiger partial charge in [0.1, 0.15) is 5.82 Å². The number of nitrogens with zero attached hydrogens (tertiary/aromatic N) is 4. The third kappa shape index (κ3) is 3.07. The first-order valence-corrected chi connectivity index (χ1v) is 5.16. The monoisotopic (exact) mass is 234 g/mol. The molecule has 2 rings (SSSR count). The highest BCUT2D eigenvalue weighted by molar-refractivity contribution is 5.33. The first-order valence-electron chi connectivity index (χ1n) is 5.16. The quantitative estimate of drug-likeness (QED) is 0.777. The minimum atomic E-state index is 0.485. The highest BCUT2D eigenvalue weighted by atomic mass is 16.5. The predicted molar refractivity (Wildman–Crippen MR) is 63.7 cm³/mol. The van der Waals surface area contributed by atoms with Gasteiger partial charge < -0.3 is 15.8 Å². The van der Waals surface area contributed by atoms with E-state index in [2.05, 4.69) is 20.4 Å². The smallest absolute Gasteiger partial charge is 0.233 e. The van der Waals surface area contributed by atoms with Crippen LogP contribution in [0.25, 0.3) is 0 Å². The Labute approximate surface area is 98.6 Å². The molecule has 7 heteroatoms. The van der Waals surface area contributed by atoms with Gasteiger partial charge in [-0.1, -0.05) is 0 Å². The van der Waals surface area contributed by atoms with Gasteiger partial charge in [-0.15, -0.1) is 0 Å². The standard InChI is InChI=1S/C10H14N6O/c1-17-10-6-12-5-9(15-10)13-2-3-16-7-8(11)4-14-16/h4-7H,2-3,11H2,1H3,(H,13,15). The lowest BCUT2D eigenvalue weighted by Gasteiger charge is -2.06. The fraction of sp³-hybridized carbons (Fsp3) is 0.300. The average Bonchev–Trinajstić information content (AvgIpc) is 2.75. The zero-order valence-electron chi connectivity index (χ0n) is 9.50. The van der Waals surface area contributed by atoms with Crippen LogP contribution in [0, 0.1) is 0 Å². The van der Waals surface area contributed by atoms with Crippen molar-refractivity contribution in [1.82, 2.24) is 19.7 Å². The van der Waals surface area contributed by atoms with E-state index < -0.39 is 0 Å². The predicted octanol–water partition coefficient (Wildman–Crippen LogP) is 0.376. The highest BCUT2D eigenvalue weighted by Crippen LogP contribution is 2.07. The van der Waals surface area contributed by atoms with Crippen LogP contribution < -0.4 is 15.8 Å². The van der Waals surface area contributed by atoms with Crippen molar-refractivity contribution >= 4 is 11.5 Å². The Morgan fingerprint density at radius 3 is 3.00 bits per heavy atom. The number of nitrogens with one attached hydrogen (secondary N) is 1. The SMILES string of the molecule is COc1cncc(NCCn2cc(N)cn2)n1. The van der Waals surface area contributed by atoms with Crippen LogP contribution in [0.2, 0.25) is 0 Å². The molecule has 0 fully saturated rings. The fourth-order valence-corrected chi connectivity index (χ4v) is 1.33. The van der Waals surface area contributed by atoms with Gasteiger partial charge in [-0.05, 0) is 0 Å². The topological polar surface area (TPSA) is 90.9 Å². The van der Waals surface area contributed by atoms with Gasteiger partial charge in [0.05, 0.1) is 37.9 Å². The Kier molecular flexibility index (Phi) is 3.39. The number of hydrogen-bond donors (Lipinski definition) is 2. The molecule has 0 radical (unpaired) electrons. The fourth-order valence-electron chi connectivity index (χ4n) is 1.33. The number of rotatable bonds is 5. The van der Waals surface area contributed by atoms with Crippen LogP contribution in [0.3, 0.4) is 0 Å². The summed E-state index contributed by atoms with van der Waals surface area (Å²) in [7, 11) is 1.56. The summed E-state index contributed by atoms with van der Waals surface area (Å²) in [5.74, 6) is 1.16. The lowest BCUT2D eigenvalue weighted by molar-refractivity contribution is 0.396. The maximum atomic E-state index is 5.56. The molecule has 0 unspecified atom stereocenters. The second-order valence-corrected chi connectivity index (χ2v) is 3.41. The molecular weight excluding hydrogens is 220 g/mol. The number of aromatic nitrogens is 4. The Balaban J connectivity index is 1.85. The molecule has 2 heterocycles. The van der Waals surface area contributed by atoms with Crippen LogP contribution >= 0.6 is 0 Å². The van der Waals surface area contributed by atoms with E-state index in [9.17, 15) is 0 Å². The third-order valence-electron chi connectivity index (χ3n) is 2.12. The molecule has 0 spiro atoms. The van der Waals surface area contributed by atoms with Crippen molar-refractivity contribution in [3.8, 4) is 5.88 Å². The summed E-state index contributed by atoms with van der Waals surface area (Å²) in [6.07, 6.45) is 6.59. The molecule has 0 saturated heterocycles. The summed E-state index contributed by atoms with van der Waals surface area (Å²) in [5.41, 5.74) is 6.22. The highest BCUT2D eigenvalue weighted by Gasteiger charge is 1.98. The molecule has 17 heavy (non-hydrogen) atoms. The summed E-state index contributed by atoms with van der Waals surface area (Å²) in [4.78, 5) is 8.17. The second-order valence-electron chi connectivity index (χ2n) is 3.41. The van der Waals surface area contributed by atoms with Gasteiger partial charge in [0.15, 0.2) is 0 Å². The molecule has 0 saturated carbocycles. The molecule has 0 aromatic carbocycles. The molecule has 0 atom stereocenters. The van der Waals surface area contributed by atoms with Gasteiger partial charge >= 0.3 is 0 Å². The van der Waals surface area contributed by atoms with Crippen molar-refractivity contribution < 1.29 is 4.74 Å². The second kappa shape index (κ2) is 5.15. The van der Waals surface area contributed by atoms with Crippen LogP contribution in [0.1, 0.15) is 0 Å². The van der Waals surface area contributed by atoms with E-state index in [1.54, 1.807) is 36.6 Å². The number of anilines is 2. The van der Waals surface area contributed by atoms with Gasteiger partial charge in [-0.3, -0.25) is 9.67 Å². The molecule has 7 nitrogen and oxygen atoms in total. The van der Waals surface area contributed by atoms with E-state index in [0.717, 1.165) is 0 Å². The van der Waals surface area contributed by atoms with Crippen molar-refractivity contribution in [3.63, 3.8) is 0 Å². The van der Waals surface area contributed by atoms with Crippen molar-refractivity contribution in [1.29, 1.82) is 0 Å². The molecule has 0 aliphatic heterocycles. The van der Waals surface area contributed by atoms with E-state index in [1.807, 2.05) is 0 Å². The van der Waals surface area contributed by atoms with Gasteiger partial charge in [0, 0.05) is 12.7 Å². The van der Waals surface area contributed by atoms with E-state index in [0.29, 0.717) is 30.5 Å². The summed E-state index contributed by atoms with van der Waals surface area (Å²) in [6, 6.07) is 0. The lowest BCUT2D eigenvalue weighted by atomic mass is 10.5. The number of hydrogen-bond acceptors (Lipinski definition) is 6. The maximum Gasteiger partial charge on any atom is 0.233 e. The first kappa shape index (κ1) is 11.2. The van der Waals surface area contributed by atoms with Gasteiger partial charge in [0.25, 0.3) is 0 Å². The molecule has 3 N–H and O–H groups in total. The lowest BCUT2D eigenvalue weighted by Crippen LogP contribution is -2.12. The van der Waals surface area contributed by atoms with Crippen LogP contribution in [-0.2, 0) is 6.54 Å². The van der Waals surface area contributed by atoms with Crippen LogP contribution in [-0.4, -0.2) is 33.4 Å². The normalized spacial score (nSPS) is 10.2. The minimum Gasteiger partial charge on any atom is -0.480 e. The molecule has 0 bridgehead atoms. The Hall–Kier alpha value is -2.31. The van der Waals surface area contributed by atoms with E-state index in [4.69, 9.17) is 10.5 Å². The van der Waals surface area contributed by atoms with Crippen LogP contribution in [0.4, 0.5) is 11.5 Å². The maximum absolute atomic E-state index is 5.56. The summed E-state index contributed by atoms with van der Waals surface area (Å²) >= 11 is 0. The van der Waals surface area contributed by atoms with Crippen molar-refractivity contribution in [2.45, 2.75) is 6.54 Å². The van der Waals surface area contributed by atoms with Crippen LogP contribution in [0.15, 0.2) is 24.8 Å². The van der Waals surface area contributed by atoms with E-state index in [1.165, 1.54) is 0 Å². The van der Waals surface area contributed by atoms with Crippen molar-refractivity contribution in [2.24, 2.45) is 0 Å². The molecule has 90 valence electrons. The number of ether oxygens (including phenoxy) is 1. The molecule has 0 aliphatic carbocycles. The van der Waals surface area contributed by atoms with Gasteiger partial charge in [-0.25, -0.2) is 0 Å². The Morgan fingerprint density at radius 2 is 2.29 bits per heavy atom. The van der Waals surface area contributed by atoms with Crippen molar-refractivity contribution in [3.05, 3.63) is 24.8 Å². The molecule has 2 aromatic rings. The zero-order chi connectivity index (χ0) is 12.1. The summed E-state index contributed by atoms with van der Waals surface area (Å²) < 4.78 is 6.73. The number of methoxy groups -OCH3 is 1. The Morgan fingerprint density at radius 1 is 1.41 bits per heavy atom. The number of nitrogens with two attached hydrogens (primary N) is 1. The minimum absolute atomic E-state index is 0.485. The molecule has 0 aliphatic rings. The zero-order valence-corrected chi connectivity index (χ0v) is 9.50. The molecular formula is C10H14N6O. The Bertz CT molecular complexity index is 483. The van der Waals surface area contributed by atoms with E-state index in [-0.39, 0.29) is 0 Å². The van der Waals surface area contributed by atoms with Gasteiger partial charge in [0.2, 0.25) is 5.88 Å². The van der Waals surface area contributed by atoms with Crippen molar-refractivity contribution in [2.75, 3.05) is 24.7 Å². The largest absolute Gasteiger partial charge is 0.480 e. The molecule has 2 aromatic heterocycles.